The molecule has 0 saturated carbocycles. The van der Waals surface area contributed by atoms with Crippen molar-refractivity contribution in [1.29, 1.82) is 0 Å². The molecular formula is C15H16ClN5. The zero-order valence-electron chi connectivity index (χ0n) is 12.1. The number of aromatic nitrogens is 4. The minimum Gasteiger partial charge on any atom is -0.340 e. The average Bonchev–Trinajstić information content (AvgIpc) is 2.85. The van der Waals surface area contributed by atoms with E-state index >= 15 is 0 Å². The predicted octanol–water partition coefficient (Wildman–Crippen LogP) is 3.95. The molecule has 3 aromatic rings. The lowest BCUT2D eigenvalue weighted by Crippen LogP contribution is -2.02. The smallest absolute Gasteiger partial charge is 0.254 e. The van der Waals surface area contributed by atoms with Crippen molar-refractivity contribution in [1.82, 2.24) is 19.6 Å². The van der Waals surface area contributed by atoms with Gasteiger partial charge >= 0.3 is 0 Å². The number of anilines is 2. The van der Waals surface area contributed by atoms with Crippen molar-refractivity contribution >= 4 is 28.9 Å². The third-order valence-corrected chi connectivity index (χ3v) is 3.34. The number of nitrogens with one attached hydrogen (secondary N) is 1. The lowest BCUT2D eigenvalue weighted by atomic mass is 10.2. The molecule has 0 spiro atoms. The standard InChI is InChI=1S/C15H16ClN5/c1-9(2)14-19-15-17-10(3)8-13(21(15)20-14)18-12-6-4-11(16)5-7-12/h4-9,18H,1-3H3. The number of hydrogen-bond donors (Lipinski definition) is 1. The highest BCUT2D eigenvalue weighted by Crippen LogP contribution is 2.21. The molecule has 0 saturated heterocycles. The molecular weight excluding hydrogens is 286 g/mol. The molecule has 108 valence electrons. The number of halogens is 1. The Labute approximate surface area is 128 Å². The number of aryl methyl sites for hydroxylation is 1. The number of rotatable bonds is 3. The second-order valence-electron chi connectivity index (χ2n) is 5.25. The van der Waals surface area contributed by atoms with Crippen LogP contribution in [0.2, 0.25) is 5.02 Å². The SMILES string of the molecule is Cc1cc(Nc2ccc(Cl)cc2)n2nc(C(C)C)nc2n1. The first kappa shape index (κ1) is 13.8. The Bertz CT molecular complexity index is 777. The Hall–Kier alpha value is -2.14. The molecule has 5 nitrogen and oxygen atoms in total. The van der Waals surface area contributed by atoms with Crippen LogP contribution in [-0.2, 0) is 0 Å². The molecule has 0 unspecified atom stereocenters. The number of fused-ring (bicyclic) bond motifs is 1. The molecule has 0 radical (unpaired) electrons. The van der Waals surface area contributed by atoms with Gasteiger partial charge in [0.05, 0.1) is 0 Å². The highest BCUT2D eigenvalue weighted by Gasteiger charge is 2.12. The molecule has 0 amide bonds. The van der Waals surface area contributed by atoms with Crippen molar-refractivity contribution in [3.63, 3.8) is 0 Å². The molecule has 0 aliphatic carbocycles. The normalized spacial score (nSPS) is 11.3. The van der Waals surface area contributed by atoms with Gasteiger partial charge in [0, 0.05) is 28.4 Å². The van der Waals surface area contributed by atoms with Gasteiger partial charge in [-0.2, -0.15) is 9.50 Å². The first-order valence-corrected chi connectivity index (χ1v) is 7.17. The zero-order valence-corrected chi connectivity index (χ0v) is 12.9. The average molecular weight is 302 g/mol. The second kappa shape index (κ2) is 5.33. The van der Waals surface area contributed by atoms with E-state index in [1.807, 2.05) is 37.3 Å². The summed E-state index contributed by atoms with van der Waals surface area (Å²) in [4.78, 5) is 8.89. The van der Waals surface area contributed by atoms with Crippen molar-refractivity contribution in [3.05, 3.63) is 46.9 Å². The van der Waals surface area contributed by atoms with Gasteiger partial charge in [-0.25, -0.2) is 4.98 Å². The van der Waals surface area contributed by atoms with E-state index in [1.54, 1.807) is 4.52 Å². The highest BCUT2D eigenvalue weighted by atomic mass is 35.5. The fourth-order valence-electron chi connectivity index (χ4n) is 2.02. The summed E-state index contributed by atoms with van der Waals surface area (Å²) in [7, 11) is 0. The number of hydrogen-bond acceptors (Lipinski definition) is 4. The summed E-state index contributed by atoms with van der Waals surface area (Å²) in [6.07, 6.45) is 0. The molecule has 3 rings (SSSR count). The van der Waals surface area contributed by atoms with E-state index in [0.29, 0.717) is 10.8 Å². The third-order valence-electron chi connectivity index (χ3n) is 3.09. The second-order valence-corrected chi connectivity index (χ2v) is 5.69. The molecule has 2 heterocycles. The summed E-state index contributed by atoms with van der Waals surface area (Å²) < 4.78 is 1.73. The van der Waals surface area contributed by atoms with Gasteiger partial charge in [-0.1, -0.05) is 25.4 Å². The largest absolute Gasteiger partial charge is 0.340 e. The molecule has 6 heteroatoms. The van der Waals surface area contributed by atoms with Crippen molar-refractivity contribution in [2.45, 2.75) is 26.7 Å². The van der Waals surface area contributed by atoms with Crippen LogP contribution in [0.3, 0.4) is 0 Å². The maximum Gasteiger partial charge on any atom is 0.254 e. The fraction of sp³-hybridized carbons (Fsp3) is 0.267. The molecule has 1 N–H and O–H groups in total. The summed E-state index contributed by atoms with van der Waals surface area (Å²) >= 11 is 5.91. The van der Waals surface area contributed by atoms with Gasteiger partial charge in [-0.05, 0) is 31.2 Å². The maximum atomic E-state index is 5.91. The lowest BCUT2D eigenvalue weighted by Gasteiger charge is -2.08. The Morgan fingerprint density at radius 3 is 2.52 bits per heavy atom. The summed E-state index contributed by atoms with van der Waals surface area (Å²) in [5.41, 5.74) is 1.83. The Balaban J connectivity index is 2.06. The van der Waals surface area contributed by atoms with Gasteiger partial charge in [0.2, 0.25) is 0 Å². The van der Waals surface area contributed by atoms with E-state index in [1.165, 1.54) is 0 Å². The van der Waals surface area contributed by atoms with E-state index in [-0.39, 0.29) is 5.92 Å². The van der Waals surface area contributed by atoms with Gasteiger partial charge in [0.15, 0.2) is 5.82 Å². The summed E-state index contributed by atoms with van der Waals surface area (Å²) in [5.74, 6) is 2.48. The van der Waals surface area contributed by atoms with Gasteiger partial charge in [-0.3, -0.25) is 0 Å². The quantitative estimate of drug-likeness (QED) is 0.796. The van der Waals surface area contributed by atoms with E-state index in [9.17, 15) is 0 Å². The van der Waals surface area contributed by atoms with Gasteiger partial charge in [-0.15, -0.1) is 5.10 Å². The minimum atomic E-state index is 0.260. The van der Waals surface area contributed by atoms with Crippen LogP contribution in [0, 0.1) is 6.92 Å². The van der Waals surface area contributed by atoms with Gasteiger partial charge < -0.3 is 5.32 Å². The number of benzene rings is 1. The predicted molar refractivity (Wildman–Crippen MR) is 84.3 cm³/mol. The van der Waals surface area contributed by atoms with E-state index in [4.69, 9.17) is 11.6 Å². The molecule has 0 fully saturated rings. The van der Waals surface area contributed by atoms with Crippen molar-refractivity contribution in [2.75, 3.05) is 5.32 Å². The highest BCUT2D eigenvalue weighted by molar-refractivity contribution is 6.30. The molecule has 0 aliphatic heterocycles. The van der Waals surface area contributed by atoms with Crippen molar-refractivity contribution < 1.29 is 0 Å². The van der Waals surface area contributed by atoms with Crippen LogP contribution in [-0.4, -0.2) is 19.6 Å². The molecule has 2 aromatic heterocycles. The van der Waals surface area contributed by atoms with Crippen LogP contribution in [0.4, 0.5) is 11.5 Å². The maximum absolute atomic E-state index is 5.91. The summed E-state index contributed by atoms with van der Waals surface area (Å²) in [5, 5.41) is 8.56. The molecule has 0 atom stereocenters. The first-order chi connectivity index (χ1) is 10.0. The monoisotopic (exact) mass is 301 g/mol. The fourth-order valence-corrected chi connectivity index (χ4v) is 2.14. The Kier molecular flexibility index (Phi) is 3.51. The Morgan fingerprint density at radius 1 is 1.14 bits per heavy atom. The van der Waals surface area contributed by atoms with Crippen LogP contribution in [0.25, 0.3) is 5.78 Å². The van der Waals surface area contributed by atoms with E-state index in [0.717, 1.165) is 23.0 Å². The third kappa shape index (κ3) is 2.83. The first-order valence-electron chi connectivity index (χ1n) is 6.80. The van der Waals surface area contributed by atoms with E-state index < -0.39 is 0 Å². The van der Waals surface area contributed by atoms with Gasteiger partial charge in [0.25, 0.3) is 5.78 Å². The molecule has 0 bridgehead atoms. The minimum absolute atomic E-state index is 0.260. The van der Waals surface area contributed by atoms with Crippen LogP contribution < -0.4 is 5.32 Å². The molecule has 21 heavy (non-hydrogen) atoms. The Morgan fingerprint density at radius 2 is 1.86 bits per heavy atom. The topological polar surface area (TPSA) is 55.1 Å². The van der Waals surface area contributed by atoms with Crippen LogP contribution >= 0.6 is 11.6 Å². The van der Waals surface area contributed by atoms with Crippen molar-refractivity contribution in [3.8, 4) is 0 Å². The number of nitrogens with zero attached hydrogens (tertiary/aromatic N) is 4. The van der Waals surface area contributed by atoms with Crippen LogP contribution in [0.1, 0.15) is 31.3 Å². The zero-order chi connectivity index (χ0) is 15.0. The summed E-state index contributed by atoms with van der Waals surface area (Å²) in [6.45, 7) is 6.07. The van der Waals surface area contributed by atoms with E-state index in [2.05, 4.69) is 34.2 Å². The van der Waals surface area contributed by atoms with Crippen LogP contribution in [0.5, 0.6) is 0 Å². The summed E-state index contributed by atoms with van der Waals surface area (Å²) in [6, 6.07) is 9.47. The van der Waals surface area contributed by atoms with Crippen molar-refractivity contribution in [2.24, 2.45) is 0 Å². The molecule has 1 aromatic carbocycles. The molecule has 0 aliphatic rings. The van der Waals surface area contributed by atoms with Crippen LogP contribution in [0.15, 0.2) is 30.3 Å². The van der Waals surface area contributed by atoms with Gasteiger partial charge in [0.1, 0.15) is 5.82 Å². The lowest BCUT2D eigenvalue weighted by molar-refractivity contribution is 0.766.